The van der Waals surface area contributed by atoms with Gasteiger partial charge in [-0.25, -0.2) is 0 Å². The Morgan fingerprint density at radius 2 is 1.67 bits per heavy atom. The van der Waals surface area contributed by atoms with Crippen LogP contribution in [0.15, 0.2) is 42.5 Å². The van der Waals surface area contributed by atoms with Crippen LogP contribution in [-0.2, 0) is 10.1 Å². The van der Waals surface area contributed by atoms with Crippen molar-refractivity contribution in [3.8, 4) is 5.75 Å². The molecule has 0 aliphatic carbocycles. The van der Waals surface area contributed by atoms with Gasteiger partial charge in [-0.3, -0.25) is 4.55 Å². The van der Waals surface area contributed by atoms with E-state index in [9.17, 15) is 8.42 Å². The Morgan fingerprint density at radius 3 is 2.22 bits per heavy atom. The van der Waals surface area contributed by atoms with Crippen LogP contribution in [0, 0.1) is 0 Å². The highest BCUT2D eigenvalue weighted by Crippen LogP contribution is 2.20. The molecule has 0 aliphatic rings. The maximum absolute atomic E-state index is 9.19. The zero-order valence-corrected chi connectivity index (χ0v) is 11.1. The molecule has 0 fully saturated rings. The molecule has 2 aromatic carbocycles. The molecule has 0 amide bonds. The monoisotopic (exact) mass is 268 g/mol. The van der Waals surface area contributed by atoms with E-state index < -0.39 is 10.1 Å². The van der Waals surface area contributed by atoms with Crippen LogP contribution in [-0.4, -0.2) is 25.8 Å². The Bertz CT molecular complexity index is 597. The Morgan fingerprint density at radius 1 is 1.11 bits per heavy atom. The summed E-state index contributed by atoms with van der Waals surface area (Å²) in [5, 5.41) is 2.49. The number of hydrogen-bond donors (Lipinski definition) is 1. The first-order valence-corrected chi connectivity index (χ1v) is 7.29. The smallest absolute Gasteiger partial charge is 0.261 e. The molecule has 0 saturated carbocycles. The molecule has 98 valence electrons. The zero-order valence-electron chi connectivity index (χ0n) is 10.3. The molecule has 0 atom stereocenters. The molecule has 0 spiro atoms. The summed E-state index contributed by atoms with van der Waals surface area (Å²) in [5.41, 5.74) is 0. The SMILES string of the molecule is CCOc1ccc2ccccc2c1.CS(=O)(=O)O. The largest absolute Gasteiger partial charge is 0.494 e. The van der Waals surface area contributed by atoms with Crippen molar-refractivity contribution >= 4 is 20.9 Å². The second kappa shape index (κ2) is 6.37. The quantitative estimate of drug-likeness (QED) is 0.851. The van der Waals surface area contributed by atoms with E-state index in [0.29, 0.717) is 6.26 Å². The van der Waals surface area contributed by atoms with Crippen LogP contribution >= 0.6 is 0 Å². The maximum Gasteiger partial charge on any atom is 0.261 e. The zero-order chi connectivity index (χ0) is 13.6. The van der Waals surface area contributed by atoms with Crippen LogP contribution in [0.25, 0.3) is 10.8 Å². The molecule has 1 N–H and O–H groups in total. The standard InChI is InChI=1S/C12H12O.CH4O3S/c1-2-13-12-8-7-10-5-3-4-6-11(10)9-12;1-5(2,3)4/h3-9H,2H2,1H3;1H3,(H,2,3,4). The summed E-state index contributed by atoms with van der Waals surface area (Å²) in [6, 6.07) is 14.4. The molecule has 18 heavy (non-hydrogen) atoms. The van der Waals surface area contributed by atoms with Crippen LogP contribution in [0.5, 0.6) is 5.75 Å². The van der Waals surface area contributed by atoms with E-state index in [2.05, 4.69) is 24.3 Å². The van der Waals surface area contributed by atoms with Crippen molar-refractivity contribution in [1.82, 2.24) is 0 Å². The maximum atomic E-state index is 9.19. The van der Waals surface area contributed by atoms with Gasteiger partial charge in [0, 0.05) is 0 Å². The summed E-state index contributed by atoms with van der Waals surface area (Å²) >= 11 is 0. The minimum Gasteiger partial charge on any atom is -0.494 e. The molecule has 0 aliphatic heterocycles. The third-order valence-corrected chi connectivity index (χ3v) is 2.03. The van der Waals surface area contributed by atoms with Gasteiger partial charge in [-0.2, -0.15) is 8.42 Å². The van der Waals surface area contributed by atoms with Crippen LogP contribution in [0.1, 0.15) is 6.92 Å². The molecule has 0 aromatic heterocycles. The fourth-order valence-electron chi connectivity index (χ4n) is 1.42. The molecule has 0 radical (unpaired) electrons. The highest BCUT2D eigenvalue weighted by Gasteiger charge is 1.94. The Kier molecular flexibility index (Phi) is 5.12. The van der Waals surface area contributed by atoms with Gasteiger partial charge in [0.1, 0.15) is 5.75 Å². The first kappa shape index (κ1) is 14.5. The highest BCUT2D eigenvalue weighted by atomic mass is 32.2. The summed E-state index contributed by atoms with van der Waals surface area (Å²) in [6.45, 7) is 2.72. The number of rotatable bonds is 2. The van der Waals surface area contributed by atoms with Gasteiger partial charge in [0.15, 0.2) is 0 Å². The first-order valence-electron chi connectivity index (χ1n) is 5.44. The second-order valence-electron chi connectivity index (χ2n) is 3.67. The Hall–Kier alpha value is -1.59. The Balaban J connectivity index is 0.000000280. The van der Waals surface area contributed by atoms with E-state index in [1.165, 1.54) is 10.8 Å². The number of hydrogen-bond acceptors (Lipinski definition) is 3. The van der Waals surface area contributed by atoms with Gasteiger partial charge in [0.25, 0.3) is 10.1 Å². The minimum atomic E-state index is -3.67. The van der Waals surface area contributed by atoms with Crippen molar-refractivity contribution in [1.29, 1.82) is 0 Å². The van der Waals surface area contributed by atoms with Crippen LogP contribution in [0.3, 0.4) is 0 Å². The normalized spacial score (nSPS) is 10.6. The summed E-state index contributed by atoms with van der Waals surface area (Å²) in [5.74, 6) is 0.946. The van der Waals surface area contributed by atoms with Crippen molar-refractivity contribution in [2.45, 2.75) is 6.92 Å². The predicted molar refractivity (Wildman–Crippen MR) is 72.6 cm³/mol. The van der Waals surface area contributed by atoms with Gasteiger partial charge in [-0.05, 0) is 29.8 Å². The van der Waals surface area contributed by atoms with E-state index in [1.807, 2.05) is 25.1 Å². The van der Waals surface area contributed by atoms with Gasteiger partial charge in [0.05, 0.1) is 12.9 Å². The van der Waals surface area contributed by atoms with Gasteiger partial charge in [-0.1, -0.05) is 30.3 Å². The van der Waals surface area contributed by atoms with E-state index >= 15 is 0 Å². The number of benzene rings is 2. The third-order valence-electron chi connectivity index (χ3n) is 2.03. The molecule has 0 heterocycles. The van der Waals surface area contributed by atoms with Crippen molar-refractivity contribution in [2.24, 2.45) is 0 Å². The summed E-state index contributed by atoms with van der Waals surface area (Å²) in [4.78, 5) is 0. The van der Waals surface area contributed by atoms with Crippen LogP contribution in [0.2, 0.25) is 0 Å². The van der Waals surface area contributed by atoms with E-state index in [0.717, 1.165) is 12.4 Å². The van der Waals surface area contributed by atoms with Gasteiger partial charge >= 0.3 is 0 Å². The predicted octanol–water partition coefficient (Wildman–Crippen LogP) is 2.74. The van der Waals surface area contributed by atoms with E-state index in [1.54, 1.807) is 0 Å². The van der Waals surface area contributed by atoms with Crippen molar-refractivity contribution in [3.63, 3.8) is 0 Å². The van der Waals surface area contributed by atoms with Crippen molar-refractivity contribution in [2.75, 3.05) is 12.9 Å². The lowest BCUT2D eigenvalue weighted by molar-refractivity contribution is 0.341. The lowest BCUT2D eigenvalue weighted by Gasteiger charge is -2.03. The number of fused-ring (bicyclic) bond motifs is 1. The molecule has 0 bridgehead atoms. The van der Waals surface area contributed by atoms with Crippen molar-refractivity contribution in [3.05, 3.63) is 42.5 Å². The molecule has 2 rings (SSSR count). The highest BCUT2D eigenvalue weighted by molar-refractivity contribution is 7.85. The molecule has 0 unspecified atom stereocenters. The first-order chi connectivity index (χ1) is 8.40. The molecule has 5 heteroatoms. The fourth-order valence-corrected chi connectivity index (χ4v) is 1.42. The van der Waals surface area contributed by atoms with Gasteiger partial charge in [0.2, 0.25) is 0 Å². The topological polar surface area (TPSA) is 63.6 Å². The summed E-state index contributed by atoms with van der Waals surface area (Å²) in [6.07, 6.45) is 0.715. The number of ether oxygens (including phenoxy) is 1. The van der Waals surface area contributed by atoms with E-state index in [-0.39, 0.29) is 0 Å². The molecule has 0 saturated heterocycles. The second-order valence-corrected chi connectivity index (χ2v) is 5.14. The summed E-state index contributed by atoms with van der Waals surface area (Å²) in [7, 11) is -3.67. The molecular formula is C13H16O4S. The molecule has 2 aromatic rings. The van der Waals surface area contributed by atoms with Gasteiger partial charge in [-0.15, -0.1) is 0 Å². The average molecular weight is 268 g/mol. The summed E-state index contributed by atoms with van der Waals surface area (Å²) < 4.78 is 31.3. The minimum absolute atomic E-state index is 0.715. The van der Waals surface area contributed by atoms with Crippen molar-refractivity contribution < 1.29 is 17.7 Å². The average Bonchev–Trinajstić information content (AvgIpc) is 2.27. The van der Waals surface area contributed by atoms with E-state index in [4.69, 9.17) is 9.29 Å². The molecule has 4 nitrogen and oxygen atoms in total. The van der Waals surface area contributed by atoms with Crippen LogP contribution < -0.4 is 4.74 Å². The van der Waals surface area contributed by atoms with Gasteiger partial charge < -0.3 is 4.74 Å². The Labute approximate surface area is 107 Å². The molecular weight excluding hydrogens is 252 g/mol. The third kappa shape index (κ3) is 5.65. The lowest BCUT2D eigenvalue weighted by Crippen LogP contribution is -1.90. The lowest BCUT2D eigenvalue weighted by atomic mass is 10.1. The fraction of sp³-hybridized carbons (Fsp3) is 0.231. The van der Waals surface area contributed by atoms with Crippen LogP contribution in [0.4, 0.5) is 0 Å².